The Labute approximate surface area is 105 Å². The SMILES string of the molecule is CC(C)c1cccc2c1CC1(CCCCC1)C2. The largest absolute Gasteiger partial charge is 0.0617 e. The number of fused-ring (bicyclic) bond motifs is 1. The molecule has 1 fully saturated rings. The van der Waals surface area contributed by atoms with Crippen LogP contribution in [-0.4, -0.2) is 0 Å². The van der Waals surface area contributed by atoms with E-state index >= 15 is 0 Å². The smallest absolute Gasteiger partial charge is 0.0213 e. The molecule has 1 aromatic rings. The topological polar surface area (TPSA) is 0 Å². The predicted octanol–water partition coefficient (Wildman–Crippen LogP) is 4.86. The van der Waals surface area contributed by atoms with Gasteiger partial charge in [-0.3, -0.25) is 0 Å². The monoisotopic (exact) mass is 228 g/mol. The second-order valence-electron chi connectivity index (χ2n) is 6.55. The number of rotatable bonds is 1. The minimum absolute atomic E-state index is 0.658. The van der Waals surface area contributed by atoms with Gasteiger partial charge in [0.05, 0.1) is 0 Å². The van der Waals surface area contributed by atoms with Crippen LogP contribution in [0, 0.1) is 5.41 Å². The third kappa shape index (κ3) is 1.92. The van der Waals surface area contributed by atoms with Crippen LogP contribution in [0.3, 0.4) is 0 Å². The molecule has 0 heterocycles. The summed E-state index contributed by atoms with van der Waals surface area (Å²) in [7, 11) is 0. The fraction of sp³-hybridized carbons (Fsp3) is 0.647. The van der Waals surface area contributed by atoms with E-state index in [0.717, 1.165) is 0 Å². The van der Waals surface area contributed by atoms with E-state index in [1.807, 2.05) is 0 Å². The summed E-state index contributed by atoms with van der Waals surface area (Å²) >= 11 is 0. The van der Waals surface area contributed by atoms with Gasteiger partial charge >= 0.3 is 0 Å². The maximum atomic E-state index is 2.38. The lowest BCUT2D eigenvalue weighted by Crippen LogP contribution is -2.24. The predicted molar refractivity (Wildman–Crippen MR) is 73.5 cm³/mol. The van der Waals surface area contributed by atoms with Gasteiger partial charge in [-0.05, 0) is 53.7 Å². The maximum Gasteiger partial charge on any atom is -0.0213 e. The first kappa shape index (κ1) is 11.3. The molecule has 0 bridgehead atoms. The lowest BCUT2D eigenvalue weighted by atomic mass is 9.72. The molecule has 0 unspecified atom stereocenters. The standard InChI is InChI=1S/C17H24/c1-13(2)15-8-6-7-14-11-17(12-16(14)15)9-4-3-5-10-17/h6-8,13H,3-5,9-12H2,1-2H3. The highest BCUT2D eigenvalue weighted by atomic mass is 14.4. The molecule has 0 amide bonds. The van der Waals surface area contributed by atoms with Gasteiger partial charge in [-0.25, -0.2) is 0 Å². The van der Waals surface area contributed by atoms with E-state index < -0.39 is 0 Å². The molecule has 1 saturated carbocycles. The van der Waals surface area contributed by atoms with Crippen LogP contribution in [0.2, 0.25) is 0 Å². The van der Waals surface area contributed by atoms with Gasteiger partial charge in [0, 0.05) is 0 Å². The van der Waals surface area contributed by atoms with Crippen molar-refractivity contribution >= 4 is 0 Å². The van der Waals surface area contributed by atoms with Crippen LogP contribution in [0.4, 0.5) is 0 Å². The summed E-state index contributed by atoms with van der Waals surface area (Å²) in [5, 5.41) is 0. The van der Waals surface area contributed by atoms with Gasteiger partial charge in [0.1, 0.15) is 0 Å². The van der Waals surface area contributed by atoms with Crippen LogP contribution >= 0.6 is 0 Å². The van der Waals surface area contributed by atoms with Crippen LogP contribution in [0.1, 0.15) is 68.6 Å². The lowest BCUT2D eigenvalue weighted by molar-refractivity contribution is 0.202. The summed E-state index contributed by atoms with van der Waals surface area (Å²) in [6.45, 7) is 4.67. The fourth-order valence-electron chi connectivity index (χ4n) is 4.07. The Kier molecular flexibility index (Phi) is 2.77. The third-order valence-electron chi connectivity index (χ3n) is 4.96. The molecule has 1 aromatic carbocycles. The quantitative estimate of drug-likeness (QED) is 0.644. The highest BCUT2D eigenvalue weighted by molar-refractivity contribution is 5.42. The van der Waals surface area contributed by atoms with E-state index in [1.54, 1.807) is 16.7 Å². The molecular weight excluding hydrogens is 204 g/mol. The van der Waals surface area contributed by atoms with Crippen LogP contribution in [-0.2, 0) is 12.8 Å². The van der Waals surface area contributed by atoms with Gasteiger partial charge in [0.2, 0.25) is 0 Å². The molecule has 0 nitrogen and oxygen atoms in total. The van der Waals surface area contributed by atoms with Gasteiger partial charge < -0.3 is 0 Å². The summed E-state index contributed by atoms with van der Waals surface area (Å²) in [5.41, 5.74) is 5.65. The lowest BCUT2D eigenvalue weighted by Gasteiger charge is -2.33. The van der Waals surface area contributed by atoms with Crippen molar-refractivity contribution < 1.29 is 0 Å². The van der Waals surface area contributed by atoms with Crippen molar-refractivity contribution in [1.29, 1.82) is 0 Å². The summed E-state index contributed by atoms with van der Waals surface area (Å²) < 4.78 is 0. The molecule has 3 rings (SSSR count). The molecule has 17 heavy (non-hydrogen) atoms. The number of hydrogen-bond acceptors (Lipinski definition) is 0. The first-order valence-corrected chi connectivity index (χ1v) is 7.31. The minimum Gasteiger partial charge on any atom is -0.0617 e. The Hall–Kier alpha value is -0.780. The molecule has 2 aliphatic carbocycles. The molecular formula is C17H24. The zero-order valence-corrected chi connectivity index (χ0v) is 11.3. The first-order valence-electron chi connectivity index (χ1n) is 7.31. The van der Waals surface area contributed by atoms with E-state index in [1.165, 1.54) is 44.9 Å². The van der Waals surface area contributed by atoms with E-state index in [-0.39, 0.29) is 0 Å². The van der Waals surface area contributed by atoms with E-state index in [0.29, 0.717) is 11.3 Å². The molecule has 0 saturated heterocycles. The van der Waals surface area contributed by atoms with Crippen molar-refractivity contribution in [2.45, 2.75) is 64.7 Å². The first-order chi connectivity index (χ1) is 8.20. The summed E-state index contributed by atoms with van der Waals surface area (Å²) in [6, 6.07) is 7.01. The Morgan fingerprint density at radius 2 is 1.76 bits per heavy atom. The zero-order chi connectivity index (χ0) is 11.9. The Balaban J connectivity index is 1.94. The second kappa shape index (κ2) is 4.15. The average Bonchev–Trinajstić information content (AvgIpc) is 2.66. The van der Waals surface area contributed by atoms with Crippen molar-refractivity contribution in [3.8, 4) is 0 Å². The van der Waals surface area contributed by atoms with Crippen LogP contribution < -0.4 is 0 Å². The van der Waals surface area contributed by atoms with Crippen LogP contribution in [0.25, 0.3) is 0 Å². The molecule has 0 radical (unpaired) electrons. The van der Waals surface area contributed by atoms with Gasteiger partial charge in [0.15, 0.2) is 0 Å². The molecule has 1 spiro atoms. The van der Waals surface area contributed by atoms with Crippen LogP contribution in [0.15, 0.2) is 18.2 Å². The Morgan fingerprint density at radius 1 is 1.00 bits per heavy atom. The summed E-state index contributed by atoms with van der Waals surface area (Å²) in [5.74, 6) is 0.684. The van der Waals surface area contributed by atoms with Gasteiger partial charge in [-0.2, -0.15) is 0 Å². The van der Waals surface area contributed by atoms with Crippen molar-refractivity contribution in [3.05, 3.63) is 34.9 Å². The molecule has 0 atom stereocenters. The van der Waals surface area contributed by atoms with E-state index in [2.05, 4.69) is 32.0 Å². The second-order valence-corrected chi connectivity index (χ2v) is 6.55. The highest BCUT2D eigenvalue weighted by Crippen LogP contribution is 2.48. The molecule has 2 aliphatic rings. The maximum absolute atomic E-state index is 2.38. The average molecular weight is 228 g/mol. The summed E-state index contributed by atoms with van der Waals surface area (Å²) in [4.78, 5) is 0. The fourth-order valence-corrected chi connectivity index (χ4v) is 4.07. The molecule has 0 N–H and O–H groups in total. The van der Waals surface area contributed by atoms with Gasteiger partial charge in [-0.1, -0.05) is 51.3 Å². The molecule has 0 aromatic heterocycles. The van der Waals surface area contributed by atoms with Gasteiger partial charge in [0.25, 0.3) is 0 Å². The normalized spacial score (nSPS) is 22.1. The highest BCUT2D eigenvalue weighted by Gasteiger charge is 2.38. The van der Waals surface area contributed by atoms with Crippen LogP contribution in [0.5, 0.6) is 0 Å². The van der Waals surface area contributed by atoms with Crippen molar-refractivity contribution in [3.63, 3.8) is 0 Å². The molecule has 0 heteroatoms. The zero-order valence-electron chi connectivity index (χ0n) is 11.3. The Bertz CT molecular complexity index is 408. The minimum atomic E-state index is 0.658. The number of benzene rings is 1. The molecule has 0 aliphatic heterocycles. The van der Waals surface area contributed by atoms with Crippen molar-refractivity contribution in [2.75, 3.05) is 0 Å². The van der Waals surface area contributed by atoms with E-state index in [9.17, 15) is 0 Å². The van der Waals surface area contributed by atoms with Gasteiger partial charge in [-0.15, -0.1) is 0 Å². The van der Waals surface area contributed by atoms with E-state index in [4.69, 9.17) is 0 Å². The third-order valence-corrected chi connectivity index (χ3v) is 4.96. The summed E-state index contributed by atoms with van der Waals surface area (Å²) in [6.07, 6.45) is 10.1. The van der Waals surface area contributed by atoms with Crippen molar-refractivity contribution in [1.82, 2.24) is 0 Å². The number of hydrogen-bond donors (Lipinski definition) is 0. The Morgan fingerprint density at radius 3 is 2.47 bits per heavy atom. The van der Waals surface area contributed by atoms with Crippen molar-refractivity contribution in [2.24, 2.45) is 5.41 Å². The molecule has 92 valence electrons.